The highest BCUT2D eigenvalue weighted by molar-refractivity contribution is 8.31. The Kier molecular flexibility index (Phi) is 7.18. The zero-order chi connectivity index (χ0) is 7.82. The fourth-order valence-electron chi connectivity index (χ4n) is 0.313. The van der Waals surface area contributed by atoms with Crippen LogP contribution in [0.4, 0.5) is 0 Å². The summed E-state index contributed by atoms with van der Waals surface area (Å²) >= 11 is 0. The van der Waals surface area contributed by atoms with Crippen molar-refractivity contribution in [3.05, 3.63) is 30.6 Å². The van der Waals surface area contributed by atoms with Gasteiger partial charge in [0.15, 0.2) is 31.0 Å². The molecular formula is C5H5Cl2NOS. The number of halogens is 2. The Labute approximate surface area is 71.4 Å². The van der Waals surface area contributed by atoms with Crippen LogP contribution in [0.3, 0.4) is 0 Å². The molecule has 0 unspecified atom stereocenters. The van der Waals surface area contributed by atoms with Gasteiger partial charge in [0.1, 0.15) is 0 Å². The SMILES string of the molecule is [O-][S+](Cl)Cl.c1ccncc1. The van der Waals surface area contributed by atoms with Crippen molar-refractivity contribution in [2.24, 2.45) is 0 Å². The molecule has 0 amide bonds. The summed E-state index contributed by atoms with van der Waals surface area (Å²) < 4.78 is 9.09. The van der Waals surface area contributed by atoms with Crippen LogP contribution < -0.4 is 0 Å². The maximum atomic E-state index is 9.09. The van der Waals surface area contributed by atoms with E-state index in [-0.39, 0.29) is 0 Å². The van der Waals surface area contributed by atoms with Gasteiger partial charge in [0.05, 0.1) is 0 Å². The van der Waals surface area contributed by atoms with Gasteiger partial charge in [0.25, 0.3) is 0 Å². The van der Waals surface area contributed by atoms with Crippen molar-refractivity contribution >= 4 is 31.0 Å². The maximum absolute atomic E-state index is 9.09. The molecule has 1 heterocycles. The predicted molar refractivity (Wildman–Crippen MR) is 44.1 cm³/mol. The molecule has 1 rings (SSSR count). The Hall–Kier alpha value is 0.0400. The van der Waals surface area contributed by atoms with Gasteiger partial charge in [-0.1, -0.05) is 6.07 Å². The third kappa shape index (κ3) is 10.9. The average molecular weight is 198 g/mol. The Bertz CT molecular complexity index is 120. The first kappa shape index (κ1) is 10.0. The molecule has 0 atom stereocenters. The van der Waals surface area contributed by atoms with Crippen LogP contribution in [0, 0.1) is 0 Å². The third-order valence-electron chi connectivity index (χ3n) is 0.566. The quantitative estimate of drug-likeness (QED) is 0.598. The molecule has 0 saturated carbocycles. The molecule has 0 fully saturated rings. The van der Waals surface area contributed by atoms with Crippen molar-refractivity contribution in [2.75, 3.05) is 0 Å². The molecule has 0 radical (unpaired) electrons. The lowest BCUT2D eigenvalue weighted by Crippen LogP contribution is -1.63. The minimum absolute atomic E-state index is 1.67. The van der Waals surface area contributed by atoms with E-state index in [0.29, 0.717) is 0 Å². The van der Waals surface area contributed by atoms with E-state index in [2.05, 4.69) is 26.3 Å². The van der Waals surface area contributed by atoms with Crippen LogP contribution in [0.15, 0.2) is 30.6 Å². The van der Waals surface area contributed by atoms with E-state index < -0.39 is 9.60 Å². The molecule has 1 aromatic rings. The van der Waals surface area contributed by atoms with Crippen molar-refractivity contribution in [1.82, 2.24) is 4.98 Å². The molecule has 2 nitrogen and oxygen atoms in total. The molecule has 1 aromatic heterocycles. The van der Waals surface area contributed by atoms with Gasteiger partial charge < -0.3 is 4.55 Å². The molecule has 0 N–H and O–H groups in total. The largest absolute Gasteiger partial charge is 0.582 e. The number of hydrogen-bond acceptors (Lipinski definition) is 2. The lowest BCUT2D eigenvalue weighted by atomic mass is 10.5. The summed E-state index contributed by atoms with van der Waals surface area (Å²) in [6.07, 6.45) is 3.50. The van der Waals surface area contributed by atoms with Crippen LogP contribution >= 0.6 is 21.4 Å². The fourth-order valence-corrected chi connectivity index (χ4v) is 0.313. The van der Waals surface area contributed by atoms with Crippen LogP contribution in [-0.4, -0.2) is 9.54 Å². The maximum Gasteiger partial charge on any atom is 0.198 e. The molecule has 0 aliphatic rings. The minimum Gasteiger partial charge on any atom is -0.582 e. The molecule has 5 heteroatoms. The van der Waals surface area contributed by atoms with Crippen LogP contribution in [0.1, 0.15) is 0 Å². The van der Waals surface area contributed by atoms with E-state index in [9.17, 15) is 0 Å². The second kappa shape index (κ2) is 7.15. The zero-order valence-corrected chi connectivity index (χ0v) is 7.23. The van der Waals surface area contributed by atoms with Gasteiger partial charge >= 0.3 is 0 Å². The van der Waals surface area contributed by atoms with Gasteiger partial charge in [-0.15, -0.1) is 0 Å². The van der Waals surface area contributed by atoms with Crippen LogP contribution in [0.25, 0.3) is 0 Å². The topological polar surface area (TPSA) is 36.0 Å². The minimum atomic E-state index is -1.67. The van der Waals surface area contributed by atoms with Crippen molar-refractivity contribution in [3.63, 3.8) is 0 Å². The Morgan fingerprint density at radius 2 is 1.50 bits per heavy atom. The first-order chi connectivity index (χ1) is 4.73. The van der Waals surface area contributed by atoms with Gasteiger partial charge in [-0.3, -0.25) is 4.98 Å². The molecule has 0 aromatic carbocycles. The zero-order valence-electron chi connectivity index (χ0n) is 4.91. The van der Waals surface area contributed by atoms with E-state index in [1.807, 2.05) is 18.2 Å². The standard InChI is InChI=1S/C5H5N.Cl2OS/c1-2-4-6-5-3-1;1-4(2)3/h1-5H;. The first-order valence-corrected chi connectivity index (χ1v) is 5.13. The highest BCUT2D eigenvalue weighted by Gasteiger charge is 1.83. The Morgan fingerprint density at radius 1 is 1.10 bits per heavy atom. The van der Waals surface area contributed by atoms with Crippen LogP contribution in [-0.2, 0) is 9.60 Å². The summed E-state index contributed by atoms with van der Waals surface area (Å²) in [6.45, 7) is 0. The van der Waals surface area contributed by atoms with Crippen molar-refractivity contribution in [3.8, 4) is 0 Å². The smallest absolute Gasteiger partial charge is 0.198 e. The second-order valence-corrected chi connectivity index (χ2v) is 3.73. The molecule has 0 bridgehead atoms. The summed E-state index contributed by atoms with van der Waals surface area (Å²) in [5.74, 6) is 0. The van der Waals surface area contributed by atoms with Crippen molar-refractivity contribution in [2.45, 2.75) is 0 Å². The average Bonchev–Trinajstić information content (AvgIpc) is 1.90. The van der Waals surface area contributed by atoms with Gasteiger partial charge in [-0.25, -0.2) is 0 Å². The summed E-state index contributed by atoms with van der Waals surface area (Å²) in [6, 6.07) is 5.72. The molecule has 0 aliphatic heterocycles. The summed E-state index contributed by atoms with van der Waals surface area (Å²) in [7, 11) is 7.36. The van der Waals surface area contributed by atoms with Gasteiger partial charge in [0, 0.05) is 12.4 Å². The van der Waals surface area contributed by atoms with E-state index in [4.69, 9.17) is 4.55 Å². The molecule has 56 valence electrons. The normalized spacial score (nSPS) is 8.40. The lowest BCUT2D eigenvalue weighted by molar-refractivity contribution is 0.620. The van der Waals surface area contributed by atoms with Gasteiger partial charge in [0.2, 0.25) is 0 Å². The first-order valence-electron chi connectivity index (χ1n) is 2.33. The molecule has 0 aliphatic carbocycles. The van der Waals surface area contributed by atoms with E-state index >= 15 is 0 Å². The highest BCUT2D eigenvalue weighted by Crippen LogP contribution is 1.98. The lowest BCUT2D eigenvalue weighted by Gasteiger charge is -1.73. The second-order valence-electron chi connectivity index (χ2n) is 1.21. The summed E-state index contributed by atoms with van der Waals surface area (Å²) in [5, 5.41) is 0. The Balaban J connectivity index is 0.000000180. The number of nitrogens with zero attached hydrogens (tertiary/aromatic N) is 1. The molecule has 10 heavy (non-hydrogen) atoms. The van der Waals surface area contributed by atoms with E-state index in [1.54, 1.807) is 12.4 Å². The predicted octanol–water partition coefficient (Wildman–Crippen LogP) is 2.12. The number of aromatic nitrogens is 1. The molecule has 0 saturated heterocycles. The fraction of sp³-hybridized carbons (Fsp3) is 0. The highest BCUT2D eigenvalue weighted by atomic mass is 36.0. The molecule has 0 spiro atoms. The summed E-state index contributed by atoms with van der Waals surface area (Å²) in [4.78, 5) is 3.78. The van der Waals surface area contributed by atoms with Gasteiger partial charge in [-0.2, -0.15) is 0 Å². The third-order valence-corrected chi connectivity index (χ3v) is 0.566. The van der Waals surface area contributed by atoms with Gasteiger partial charge in [-0.05, 0) is 12.1 Å². The number of hydrogen-bond donors (Lipinski definition) is 0. The number of rotatable bonds is 0. The van der Waals surface area contributed by atoms with Crippen molar-refractivity contribution in [1.29, 1.82) is 0 Å². The van der Waals surface area contributed by atoms with Crippen LogP contribution in [0.5, 0.6) is 0 Å². The van der Waals surface area contributed by atoms with E-state index in [0.717, 1.165) is 0 Å². The van der Waals surface area contributed by atoms with E-state index in [1.165, 1.54) is 0 Å². The summed E-state index contributed by atoms with van der Waals surface area (Å²) in [5.41, 5.74) is 0. The monoisotopic (exact) mass is 197 g/mol. The van der Waals surface area contributed by atoms with Crippen LogP contribution in [0.2, 0.25) is 0 Å². The molecular weight excluding hydrogens is 193 g/mol. The number of pyridine rings is 1. The Morgan fingerprint density at radius 3 is 1.60 bits per heavy atom. The van der Waals surface area contributed by atoms with Crippen molar-refractivity contribution < 1.29 is 4.55 Å².